The molecule has 2 aromatic rings. The van der Waals surface area contributed by atoms with Gasteiger partial charge in [-0.05, 0) is 37.3 Å². The fourth-order valence-corrected chi connectivity index (χ4v) is 1.85. The summed E-state index contributed by atoms with van der Waals surface area (Å²) in [5.74, 6) is 0.690. The minimum absolute atomic E-state index is 0.168. The van der Waals surface area contributed by atoms with Gasteiger partial charge in [0.2, 0.25) is 0 Å². The zero-order valence-corrected chi connectivity index (χ0v) is 10.8. The van der Waals surface area contributed by atoms with E-state index in [9.17, 15) is 0 Å². The monoisotopic (exact) mass is 262 g/mol. The minimum atomic E-state index is -0.287. The highest BCUT2D eigenvalue weighted by Gasteiger charge is 2.19. The molecule has 0 spiro atoms. The van der Waals surface area contributed by atoms with E-state index in [-0.39, 0.29) is 12.1 Å². The fourth-order valence-electron chi connectivity index (χ4n) is 1.67. The van der Waals surface area contributed by atoms with Crippen LogP contribution in [-0.4, -0.2) is 11.0 Å². The van der Waals surface area contributed by atoms with Gasteiger partial charge in [-0.1, -0.05) is 23.7 Å². The lowest BCUT2D eigenvalue weighted by Gasteiger charge is -2.22. The number of ether oxygens (including phenoxy) is 1. The van der Waals surface area contributed by atoms with Crippen LogP contribution >= 0.6 is 11.6 Å². The van der Waals surface area contributed by atoms with Crippen molar-refractivity contribution in [3.05, 3.63) is 59.4 Å². The molecule has 0 aliphatic heterocycles. The summed E-state index contributed by atoms with van der Waals surface area (Å²) in [6.45, 7) is 1.89. The maximum atomic E-state index is 5.96. The first-order chi connectivity index (χ1) is 8.66. The zero-order chi connectivity index (χ0) is 13.0. The second-order valence-corrected chi connectivity index (χ2v) is 4.55. The summed E-state index contributed by atoms with van der Waals surface area (Å²) in [7, 11) is 0. The number of hydrogen-bond donors (Lipinski definition) is 1. The Morgan fingerprint density at radius 2 is 2.06 bits per heavy atom. The summed E-state index contributed by atoms with van der Waals surface area (Å²) in [6.07, 6.45) is 1.44. The number of halogens is 1. The molecular formula is C14H15ClN2O. The predicted molar refractivity (Wildman–Crippen MR) is 72.7 cm³/mol. The maximum Gasteiger partial charge on any atom is 0.155 e. The Morgan fingerprint density at radius 3 is 2.67 bits per heavy atom. The van der Waals surface area contributed by atoms with Crippen LogP contribution in [0.4, 0.5) is 0 Å². The molecule has 18 heavy (non-hydrogen) atoms. The van der Waals surface area contributed by atoms with Crippen molar-refractivity contribution in [2.24, 2.45) is 5.73 Å². The van der Waals surface area contributed by atoms with Crippen molar-refractivity contribution in [1.29, 1.82) is 0 Å². The number of hydrogen-bond acceptors (Lipinski definition) is 3. The van der Waals surface area contributed by atoms with Gasteiger partial charge in [0, 0.05) is 17.3 Å². The van der Waals surface area contributed by atoms with E-state index >= 15 is 0 Å². The summed E-state index contributed by atoms with van der Waals surface area (Å²) >= 11 is 5.93. The third kappa shape index (κ3) is 3.22. The molecule has 0 fully saturated rings. The highest BCUT2D eigenvalue weighted by Crippen LogP contribution is 2.24. The number of nitrogens with two attached hydrogens (primary N) is 1. The molecule has 4 heteroatoms. The van der Waals surface area contributed by atoms with E-state index in [1.165, 1.54) is 0 Å². The molecule has 2 atom stereocenters. The van der Waals surface area contributed by atoms with E-state index in [0.717, 1.165) is 5.69 Å². The van der Waals surface area contributed by atoms with Crippen LogP contribution in [-0.2, 0) is 0 Å². The molecule has 0 aliphatic rings. The molecule has 2 rings (SSSR count). The topological polar surface area (TPSA) is 48.1 Å². The summed E-state index contributed by atoms with van der Waals surface area (Å²) in [5, 5.41) is 0.636. The van der Waals surface area contributed by atoms with E-state index in [2.05, 4.69) is 4.98 Å². The van der Waals surface area contributed by atoms with Gasteiger partial charge >= 0.3 is 0 Å². The molecule has 94 valence electrons. The molecule has 0 aliphatic carbocycles. The van der Waals surface area contributed by atoms with Crippen LogP contribution in [0.5, 0.6) is 5.75 Å². The largest absolute Gasteiger partial charge is 0.482 e. The Balaban J connectivity index is 2.22. The minimum Gasteiger partial charge on any atom is -0.482 e. The summed E-state index contributed by atoms with van der Waals surface area (Å²) in [6, 6.07) is 12.8. The van der Waals surface area contributed by atoms with Gasteiger partial charge < -0.3 is 10.5 Å². The highest BCUT2D eigenvalue weighted by molar-refractivity contribution is 6.30. The van der Waals surface area contributed by atoms with Gasteiger partial charge in [-0.2, -0.15) is 0 Å². The molecule has 0 amide bonds. The first-order valence-corrected chi connectivity index (χ1v) is 6.13. The Labute approximate surface area is 112 Å². The van der Waals surface area contributed by atoms with Gasteiger partial charge in [0.15, 0.2) is 6.10 Å². The van der Waals surface area contributed by atoms with Crippen molar-refractivity contribution in [3.8, 4) is 5.75 Å². The van der Waals surface area contributed by atoms with E-state index in [4.69, 9.17) is 22.1 Å². The molecule has 3 nitrogen and oxygen atoms in total. The Hall–Kier alpha value is -1.58. The van der Waals surface area contributed by atoms with Crippen LogP contribution in [0.2, 0.25) is 5.02 Å². The fraction of sp³-hybridized carbons (Fsp3) is 0.214. The lowest BCUT2D eigenvalue weighted by Crippen LogP contribution is -2.29. The number of aromatic nitrogens is 1. The van der Waals surface area contributed by atoms with Crippen molar-refractivity contribution < 1.29 is 4.74 Å². The van der Waals surface area contributed by atoms with Crippen LogP contribution < -0.4 is 10.5 Å². The van der Waals surface area contributed by atoms with E-state index < -0.39 is 0 Å². The average Bonchev–Trinajstić information content (AvgIpc) is 2.37. The predicted octanol–water partition coefficient (Wildman–Crippen LogP) is 3.20. The van der Waals surface area contributed by atoms with Crippen molar-refractivity contribution in [1.82, 2.24) is 4.98 Å². The third-order valence-electron chi connectivity index (χ3n) is 2.52. The molecule has 1 aromatic heterocycles. The number of pyridine rings is 1. The zero-order valence-electron chi connectivity index (χ0n) is 10.1. The van der Waals surface area contributed by atoms with Crippen LogP contribution in [0.1, 0.15) is 18.7 Å². The number of rotatable bonds is 4. The van der Waals surface area contributed by atoms with Gasteiger partial charge in [-0.3, -0.25) is 4.98 Å². The van der Waals surface area contributed by atoms with E-state index in [0.29, 0.717) is 10.8 Å². The van der Waals surface area contributed by atoms with Crippen LogP contribution in [0.25, 0.3) is 0 Å². The maximum absolute atomic E-state index is 5.96. The van der Waals surface area contributed by atoms with Gasteiger partial charge in [0.25, 0.3) is 0 Å². The number of benzene rings is 1. The van der Waals surface area contributed by atoms with Gasteiger partial charge in [-0.15, -0.1) is 0 Å². The van der Waals surface area contributed by atoms with Crippen molar-refractivity contribution in [3.63, 3.8) is 0 Å². The molecule has 0 saturated heterocycles. The molecule has 2 unspecified atom stereocenters. The first-order valence-electron chi connectivity index (χ1n) is 5.75. The van der Waals surface area contributed by atoms with Crippen LogP contribution in [0, 0.1) is 0 Å². The highest BCUT2D eigenvalue weighted by atomic mass is 35.5. The Kier molecular flexibility index (Phi) is 4.18. The van der Waals surface area contributed by atoms with Crippen LogP contribution in [0.15, 0.2) is 48.7 Å². The quantitative estimate of drug-likeness (QED) is 0.920. The lowest BCUT2D eigenvalue weighted by molar-refractivity contribution is 0.176. The van der Waals surface area contributed by atoms with Gasteiger partial charge in [0.05, 0.1) is 5.69 Å². The molecule has 1 aromatic carbocycles. The van der Waals surface area contributed by atoms with Gasteiger partial charge in [0.1, 0.15) is 5.75 Å². The van der Waals surface area contributed by atoms with Crippen molar-refractivity contribution in [2.75, 3.05) is 0 Å². The summed E-state index contributed by atoms with van der Waals surface area (Å²) in [4.78, 5) is 4.28. The summed E-state index contributed by atoms with van der Waals surface area (Å²) in [5.41, 5.74) is 6.77. The second-order valence-electron chi connectivity index (χ2n) is 4.11. The normalized spacial score (nSPS) is 13.9. The Bertz CT molecular complexity index is 502. The Morgan fingerprint density at radius 1 is 1.22 bits per heavy atom. The molecule has 0 radical (unpaired) electrons. The molecule has 1 heterocycles. The first kappa shape index (κ1) is 12.9. The molecular weight excluding hydrogens is 248 g/mol. The number of nitrogens with zero attached hydrogens (tertiary/aromatic N) is 1. The average molecular weight is 263 g/mol. The van der Waals surface area contributed by atoms with Crippen molar-refractivity contribution in [2.45, 2.75) is 19.1 Å². The smallest absolute Gasteiger partial charge is 0.155 e. The second kappa shape index (κ2) is 5.85. The van der Waals surface area contributed by atoms with Gasteiger partial charge in [-0.25, -0.2) is 0 Å². The van der Waals surface area contributed by atoms with E-state index in [1.807, 2.05) is 37.3 Å². The van der Waals surface area contributed by atoms with Crippen LogP contribution in [0.3, 0.4) is 0 Å². The third-order valence-corrected chi connectivity index (χ3v) is 2.75. The van der Waals surface area contributed by atoms with E-state index in [1.54, 1.807) is 18.3 Å². The molecule has 0 saturated carbocycles. The molecule has 0 bridgehead atoms. The standard InChI is InChI=1S/C14H15ClN2O/c1-10(16)14(13-7-2-3-8-17-13)18-12-6-4-5-11(15)9-12/h2-10,14H,16H2,1H3. The molecule has 2 N–H and O–H groups in total. The lowest BCUT2D eigenvalue weighted by atomic mass is 10.1. The summed E-state index contributed by atoms with van der Waals surface area (Å²) < 4.78 is 5.87. The SMILES string of the molecule is CC(N)C(Oc1cccc(Cl)c1)c1ccccn1. The van der Waals surface area contributed by atoms with Crippen molar-refractivity contribution >= 4 is 11.6 Å².